The minimum absolute atomic E-state index is 0.0880. The first-order valence-electron chi connectivity index (χ1n) is 7.69. The van der Waals surface area contributed by atoms with Gasteiger partial charge in [0.05, 0.1) is 11.8 Å². The van der Waals surface area contributed by atoms with Gasteiger partial charge in [-0.3, -0.25) is 4.68 Å². The lowest BCUT2D eigenvalue weighted by atomic mass is 9.75. The van der Waals surface area contributed by atoms with Crippen LogP contribution >= 0.6 is 11.6 Å². The molecule has 2 unspecified atom stereocenters. The number of hydrogen-bond acceptors (Lipinski definition) is 3. The van der Waals surface area contributed by atoms with Gasteiger partial charge in [0.15, 0.2) is 0 Å². The molecule has 1 fully saturated rings. The highest BCUT2D eigenvalue weighted by molar-refractivity contribution is 6.30. The zero-order chi connectivity index (χ0) is 15.8. The van der Waals surface area contributed by atoms with Crippen LogP contribution in [0, 0.1) is 12.3 Å². The number of rotatable bonds is 4. The van der Waals surface area contributed by atoms with E-state index in [1.807, 2.05) is 14.0 Å². The lowest BCUT2D eigenvalue weighted by Gasteiger charge is -2.36. The number of ether oxygens (including phenoxy) is 1. The molecule has 1 saturated heterocycles. The number of halogens is 1. The summed E-state index contributed by atoms with van der Waals surface area (Å²) in [5.74, 6) is 0. The first-order chi connectivity index (χ1) is 9.65. The van der Waals surface area contributed by atoms with Crippen LogP contribution in [0.2, 0.25) is 5.15 Å². The molecule has 2 heterocycles. The van der Waals surface area contributed by atoms with Crippen LogP contribution < -0.4 is 5.32 Å². The van der Waals surface area contributed by atoms with Crippen LogP contribution in [-0.4, -0.2) is 34.6 Å². The molecule has 120 valence electrons. The number of nitrogens with zero attached hydrogens (tertiary/aromatic N) is 2. The van der Waals surface area contributed by atoms with E-state index in [0.717, 1.165) is 42.4 Å². The van der Waals surface area contributed by atoms with Gasteiger partial charge in [-0.25, -0.2) is 0 Å². The van der Waals surface area contributed by atoms with E-state index in [0.29, 0.717) is 0 Å². The molecule has 5 heteroatoms. The minimum Gasteiger partial charge on any atom is -0.378 e. The van der Waals surface area contributed by atoms with Gasteiger partial charge in [0, 0.05) is 36.7 Å². The molecule has 21 heavy (non-hydrogen) atoms. The van der Waals surface area contributed by atoms with E-state index in [9.17, 15) is 0 Å². The fourth-order valence-electron chi connectivity index (χ4n) is 3.01. The number of hydrogen-bond donors (Lipinski definition) is 1. The van der Waals surface area contributed by atoms with Crippen molar-refractivity contribution >= 4 is 11.6 Å². The number of nitrogens with one attached hydrogen (secondary N) is 1. The Morgan fingerprint density at radius 3 is 2.57 bits per heavy atom. The van der Waals surface area contributed by atoms with Crippen molar-refractivity contribution in [2.45, 2.75) is 59.1 Å². The molecule has 1 aliphatic heterocycles. The second kappa shape index (κ2) is 5.90. The molecule has 1 aromatic heterocycles. The zero-order valence-electron chi connectivity index (χ0n) is 14.1. The summed E-state index contributed by atoms with van der Waals surface area (Å²) in [5.41, 5.74) is 2.37. The molecule has 0 amide bonds. The Balaban J connectivity index is 2.25. The molecule has 0 bridgehead atoms. The average Bonchev–Trinajstić information content (AvgIpc) is 2.83. The molecule has 1 N–H and O–H groups in total. The molecule has 2 atom stereocenters. The summed E-state index contributed by atoms with van der Waals surface area (Å²) in [7, 11) is 1.90. The SMILES string of the molecule is Cc1nn(C)c(Cl)c1CC1(CNC(C)(C)C)CCOC1C. The smallest absolute Gasteiger partial charge is 0.130 e. The van der Waals surface area contributed by atoms with E-state index in [1.165, 1.54) is 0 Å². The Kier molecular flexibility index (Phi) is 4.72. The third-order valence-corrected chi connectivity index (χ3v) is 5.07. The molecule has 4 nitrogen and oxygen atoms in total. The Hall–Kier alpha value is -0.580. The maximum atomic E-state index is 6.43. The zero-order valence-corrected chi connectivity index (χ0v) is 14.8. The average molecular weight is 314 g/mol. The van der Waals surface area contributed by atoms with E-state index in [4.69, 9.17) is 16.3 Å². The topological polar surface area (TPSA) is 39.1 Å². The van der Waals surface area contributed by atoms with Crippen LogP contribution in [0.4, 0.5) is 0 Å². The summed E-state index contributed by atoms with van der Waals surface area (Å²) in [5, 5.41) is 8.84. The van der Waals surface area contributed by atoms with E-state index < -0.39 is 0 Å². The van der Waals surface area contributed by atoms with Gasteiger partial charge in [0.25, 0.3) is 0 Å². The van der Waals surface area contributed by atoms with Gasteiger partial charge < -0.3 is 10.1 Å². The summed E-state index contributed by atoms with van der Waals surface area (Å²) in [6.07, 6.45) is 2.19. The Morgan fingerprint density at radius 1 is 1.48 bits per heavy atom. The third-order valence-electron chi connectivity index (χ3n) is 4.60. The first kappa shape index (κ1) is 16.8. The van der Waals surface area contributed by atoms with Crippen LogP contribution in [0.5, 0.6) is 0 Å². The molecular formula is C16H28ClN3O. The van der Waals surface area contributed by atoms with Crippen LogP contribution in [0.15, 0.2) is 0 Å². The van der Waals surface area contributed by atoms with Gasteiger partial charge in [-0.05, 0) is 47.5 Å². The van der Waals surface area contributed by atoms with Gasteiger partial charge in [-0.15, -0.1) is 0 Å². The highest BCUT2D eigenvalue weighted by atomic mass is 35.5. The predicted molar refractivity (Wildman–Crippen MR) is 86.9 cm³/mol. The number of aryl methyl sites for hydroxylation is 2. The van der Waals surface area contributed by atoms with Crippen LogP contribution in [0.3, 0.4) is 0 Å². The molecule has 1 aliphatic rings. The van der Waals surface area contributed by atoms with Crippen molar-refractivity contribution in [3.05, 3.63) is 16.4 Å². The molecular weight excluding hydrogens is 286 g/mol. The largest absolute Gasteiger partial charge is 0.378 e. The van der Waals surface area contributed by atoms with Crippen LogP contribution in [0.25, 0.3) is 0 Å². The van der Waals surface area contributed by atoms with Crippen molar-refractivity contribution < 1.29 is 4.74 Å². The van der Waals surface area contributed by atoms with Gasteiger partial charge in [-0.1, -0.05) is 11.6 Å². The van der Waals surface area contributed by atoms with Gasteiger partial charge in [-0.2, -0.15) is 5.10 Å². The quantitative estimate of drug-likeness (QED) is 0.928. The van der Waals surface area contributed by atoms with Crippen molar-refractivity contribution in [1.29, 1.82) is 0 Å². The molecule has 0 aromatic carbocycles. The summed E-state index contributed by atoms with van der Waals surface area (Å²) < 4.78 is 7.64. The van der Waals surface area contributed by atoms with Gasteiger partial charge in [0.2, 0.25) is 0 Å². The second-order valence-electron chi connectivity index (χ2n) is 7.38. The summed E-state index contributed by atoms with van der Waals surface area (Å²) in [6.45, 7) is 12.6. The van der Waals surface area contributed by atoms with E-state index in [1.54, 1.807) is 4.68 Å². The van der Waals surface area contributed by atoms with Crippen LogP contribution in [0.1, 0.15) is 45.4 Å². The molecule has 0 radical (unpaired) electrons. The molecule has 2 rings (SSSR count). The van der Waals surface area contributed by atoms with Crippen molar-refractivity contribution in [1.82, 2.24) is 15.1 Å². The predicted octanol–water partition coefficient (Wildman–Crippen LogP) is 3.11. The van der Waals surface area contributed by atoms with Gasteiger partial charge >= 0.3 is 0 Å². The van der Waals surface area contributed by atoms with Crippen molar-refractivity contribution in [2.75, 3.05) is 13.2 Å². The third kappa shape index (κ3) is 3.61. The molecule has 0 aliphatic carbocycles. The summed E-state index contributed by atoms with van der Waals surface area (Å²) in [4.78, 5) is 0. The second-order valence-corrected chi connectivity index (χ2v) is 7.74. The lowest BCUT2D eigenvalue weighted by Crippen LogP contribution is -2.47. The Labute approximate surface area is 133 Å². The highest BCUT2D eigenvalue weighted by Crippen LogP contribution is 2.40. The van der Waals surface area contributed by atoms with Crippen molar-refractivity contribution in [3.8, 4) is 0 Å². The fourth-order valence-corrected chi connectivity index (χ4v) is 3.26. The van der Waals surface area contributed by atoms with Crippen molar-refractivity contribution in [2.24, 2.45) is 12.5 Å². The standard InChI is InChI=1S/C16H28ClN3O/c1-11-13(14(17)20(6)19-11)9-16(7-8-21-12(16)2)10-18-15(3,4)5/h12,18H,7-10H2,1-6H3. The summed E-state index contributed by atoms with van der Waals surface area (Å²) in [6, 6.07) is 0. The molecule has 0 spiro atoms. The number of aromatic nitrogens is 2. The maximum Gasteiger partial charge on any atom is 0.130 e. The molecule has 0 saturated carbocycles. The normalized spacial score (nSPS) is 26.5. The van der Waals surface area contributed by atoms with E-state index in [-0.39, 0.29) is 17.1 Å². The van der Waals surface area contributed by atoms with Gasteiger partial charge in [0.1, 0.15) is 5.15 Å². The Bertz CT molecular complexity index is 506. The Morgan fingerprint density at radius 2 is 2.14 bits per heavy atom. The van der Waals surface area contributed by atoms with Crippen LogP contribution in [-0.2, 0) is 18.2 Å². The lowest BCUT2D eigenvalue weighted by molar-refractivity contribution is 0.0597. The monoisotopic (exact) mass is 313 g/mol. The van der Waals surface area contributed by atoms with Crippen molar-refractivity contribution in [3.63, 3.8) is 0 Å². The van der Waals surface area contributed by atoms with E-state index >= 15 is 0 Å². The molecule has 1 aromatic rings. The minimum atomic E-state index is 0.0880. The summed E-state index contributed by atoms with van der Waals surface area (Å²) >= 11 is 6.43. The first-order valence-corrected chi connectivity index (χ1v) is 8.07. The van der Waals surface area contributed by atoms with E-state index in [2.05, 4.69) is 38.1 Å². The highest BCUT2D eigenvalue weighted by Gasteiger charge is 2.43. The maximum absolute atomic E-state index is 6.43. The fraction of sp³-hybridized carbons (Fsp3) is 0.812.